The Morgan fingerprint density at radius 3 is 2.36 bits per heavy atom. The van der Waals surface area contributed by atoms with E-state index in [4.69, 9.17) is 23.2 Å². The van der Waals surface area contributed by atoms with Crippen LogP contribution in [0.5, 0.6) is 0 Å². The fourth-order valence-electron chi connectivity index (χ4n) is 1.32. The fourth-order valence-corrected chi connectivity index (χ4v) is 2.03. The molecular formula is C10H14Cl2N2. The minimum absolute atomic E-state index is 0.673. The summed E-state index contributed by atoms with van der Waals surface area (Å²) in [5, 5.41) is 0. The molecule has 0 radical (unpaired) electrons. The third kappa shape index (κ3) is 2.38. The topological polar surface area (TPSA) is 16.1 Å². The molecule has 0 fully saturated rings. The van der Waals surface area contributed by atoms with E-state index in [9.17, 15) is 0 Å². The second-order valence-corrected chi connectivity index (χ2v) is 4.22. The standard InChI is InChI=1S/C10H14Cl2N2/c1-3-14(4-2)10(11,12)9-7-5-6-8-13-9/h5-8H,3-4H2,1-2H3. The average molecular weight is 233 g/mol. The Balaban J connectivity index is 2.94. The Kier molecular flexibility index (Phi) is 4.17. The minimum Gasteiger partial charge on any atom is -0.268 e. The van der Waals surface area contributed by atoms with Gasteiger partial charge in [-0.1, -0.05) is 43.1 Å². The van der Waals surface area contributed by atoms with Crippen molar-refractivity contribution in [2.24, 2.45) is 0 Å². The van der Waals surface area contributed by atoms with Crippen LogP contribution >= 0.6 is 23.2 Å². The van der Waals surface area contributed by atoms with E-state index < -0.39 is 4.46 Å². The summed E-state index contributed by atoms with van der Waals surface area (Å²) in [6.45, 7) is 5.62. The van der Waals surface area contributed by atoms with Gasteiger partial charge in [0, 0.05) is 6.20 Å². The van der Waals surface area contributed by atoms with Crippen LogP contribution in [-0.4, -0.2) is 23.0 Å². The number of hydrogen-bond donors (Lipinski definition) is 0. The number of hydrogen-bond acceptors (Lipinski definition) is 2. The molecule has 0 saturated carbocycles. The summed E-state index contributed by atoms with van der Waals surface area (Å²) in [4.78, 5) is 6.10. The van der Waals surface area contributed by atoms with Crippen molar-refractivity contribution in [3.05, 3.63) is 30.1 Å². The van der Waals surface area contributed by atoms with Gasteiger partial charge < -0.3 is 0 Å². The van der Waals surface area contributed by atoms with Crippen molar-refractivity contribution >= 4 is 23.2 Å². The van der Waals surface area contributed by atoms with Crippen LogP contribution in [0.2, 0.25) is 0 Å². The minimum atomic E-state index is -1.02. The van der Waals surface area contributed by atoms with Gasteiger partial charge in [-0.2, -0.15) is 0 Å². The molecule has 78 valence electrons. The summed E-state index contributed by atoms with van der Waals surface area (Å²) in [7, 11) is 0. The fraction of sp³-hybridized carbons (Fsp3) is 0.500. The van der Waals surface area contributed by atoms with Gasteiger partial charge in [0.2, 0.25) is 4.46 Å². The lowest BCUT2D eigenvalue weighted by Gasteiger charge is -2.31. The molecule has 0 amide bonds. The van der Waals surface area contributed by atoms with Gasteiger partial charge in [-0.05, 0) is 25.2 Å². The molecule has 0 unspecified atom stereocenters. The second kappa shape index (κ2) is 4.96. The third-order valence-corrected chi connectivity index (χ3v) is 3.00. The Bertz CT molecular complexity index is 271. The molecule has 0 bridgehead atoms. The molecule has 1 aromatic rings. The lowest BCUT2D eigenvalue weighted by atomic mass is 10.3. The molecule has 0 aliphatic heterocycles. The summed E-state index contributed by atoms with van der Waals surface area (Å²) in [5.74, 6) is 0. The normalized spacial score (nSPS) is 12.1. The number of nitrogens with zero attached hydrogens (tertiary/aromatic N) is 2. The summed E-state index contributed by atoms with van der Waals surface area (Å²) in [5.41, 5.74) is 0.673. The van der Waals surface area contributed by atoms with Crippen LogP contribution in [-0.2, 0) is 4.46 Å². The van der Waals surface area contributed by atoms with Crippen molar-refractivity contribution in [1.29, 1.82) is 0 Å². The molecule has 1 aromatic heterocycles. The number of rotatable bonds is 4. The van der Waals surface area contributed by atoms with Crippen molar-refractivity contribution < 1.29 is 0 Å². The number of aromatic nitrogens is 1. The predicted molar refractivity (Wildman–Crippen MR) is 60.5 cm³/mol. The van der Waals surface area contributed by atoms with E-state index in [-0.39, 0.29) is 0 Å². The van der Waals surface area contributed by atoms with Crippen molar-refractivity contribution in [2.75, 3.05) is 13.1 Å². The lowest BCUT2D eigenvalue weighted by Crippen LogP contribution is -2.37. The molecule has 2 nitrogen and oxygen atoms in total. The van der Waals surface area contributed by atoms with Crippen LogP contribution < -0.4 is 0 Å². The van der Waals surface area contributed by atoms with E-state index in [2.05, 4.69) is 4.98 Å². The first-order chi connectivity index (χ1) is 6.62. The zero-order chi connectivity index (χ0) is 10.6. The van der Waals surface area contributed by atoms with Crippen LogP contribution in [0.1, 0.15) is 19.5 Å². The van der Waals surface area contributed by atoms with Crippen molar-refractivity contribution in [3.63, 3.8) is 0 Å². The van der Waals surface area contributed by atoms with Gasteiger partial charge in [-0.15, -0.1) is 0 Å². The molecule has 1 rings (SSSR count). The number of alkyl halides is 2. The van der Waals surface area contributed by atoms with E-state index in [1.165, 1.54) is 0 Å². The van der Waals surface area contributed by atoms with Crippen molar-refractivity contribution in [1.82, 2.24) is 9.88 Å². The van der Waals surface area contributed by atoms with E-state index >= 15 is 0 Å². The van der Waals surface area contributed by atoms with Gasteiger partial charge in [0.05, 0.1) is 5.69 Å². The molecule has 0 aliphatic carbocycles. The van der Waals surface area contributed by atoms with E-state index in [0.29, 0.717) is 5.69 Å². The summed E-state index contributed by atoms with van der Waals surface area (Å²) in [6.07, 6.45) is 1.69. The van der Waals surface area contributed by atoms with Gasteiger partial charge >= 0.3 is 0 Å². The van der Waals surface area contributed by atoms with Crippen LogP contribution in [0.4, 0.5) is 0 Å². The van der Waals surface area contributed by atoms with Gasteiger partial charge in [0.25, 0.3) is 0 Å². The molecule has 0 N–H and O–H groups in total. The first-order valence-corrected chi connectivity index (χ1v) is 5.42. The Hall–Kier alpha value is -0.310. The highest BCUT2D eigenvalue weighted by Crippen LogP contribution is 2.35. The largest absolute Gasteiger partial charge is 0.268 e. The average Bonchev–Trinajstić information content (AvgIpc) is 2.20. The highest BCUT2D eigenvalue weighted by atomic mass is 35.5. The number of halogens is 2. The smallest absolute Gasteiger partial charge is 0.214 e. The highest BCUT2D eigenvalue weighted by Gasteiger charge is 2.33. The third-order valence-electron chi connectivity index (χ3n) is 2.13. The van der Waals surface area contributed by atoms with Gasteiger partial charge in [-0.3, -0.25) is 9.88 Å². The predicted octanol–water partition coefficient (Wildman–Crippen LogP) is 3.01. The lowest BCUT2D eigenvalue weighted by molar-refractivity contribution is 0.246. The monoisotopic (exact) mass is 232 g/mol. The molecule has 0 atom stereocenters. The van der Waals surface area contributed by atoms with Crippen LogP contribution in [0.25, 0.3) is 0 Å². The highest BCUT2D eigenvalue weighted by molar-refractivity contribution is 6.47. The molecule has 0 spiro atoms. The van der Waals surface area contributed by atoms with Crippen LogP contribution in [0.15, 0.2) is 24.4 Å². The van der Waals surface area contributed by atoms with E-state index in [1.807, 2.05) is 36.9 Å². The first-order valence-electron chi connectivity index (χ1n) is 4.67. The SMILES string of the molecule is CCN(CC)C(Cl)(Cl)c1ccccn1. The molecule has 0 aliphatic rings. The molecule has 14 heavy (non-hydrogen) atoms. The zero-order valence-electron chi connectivity index (χ0n) is 8.37. The maximum atomic E-state index is 6.26. The Labute approximate surface area is 94.8 Å². The van der Waals surface area contributed by atoms with E-state index in [0.717, 1.165) is 13.1 Å². The Morgan fingerprint density at radius 2 is 1.93 bits per heavy atom. The van der Waals surface area contributed by atoms with E-state index in [1.54, 1.807) is 6.20 Å². The quantitative estimate of drug-likeness (QED) is 0.587. The maximum absolute atomic E-state index is 6.26. The molecule has 0 aromatic carbocycles. The maximum Gasteiger partial charge on any atom is 0.214 e. The summed E-state index contributed by atoms with van der Waals surface area (Å²) >= 11 is 12.5. The molecular weight excluding hydrogens is 219 g/mol. The van der Waals surface area contributed by atoms with Gasteiger partial charge in [-0.25, -0.2) is 0 Å². The zero-order valence-corrected chi connectivity index (χ0v) is 9.89. The van der Waals surface area contributed by atoms with Crippen LogP contribution in [0.3, 0.4) is 0 Å². The first kappa shape index (κ1) is 11.8. The molecule has 0 saturated heterocycles. The number of pyridine rings is 1. The Morgan fingerprint density at radius 1 is 1.29 bits per heavy atom. The molecule has 4 heteroatoms. The van der Waals surface area contributed by atoms with Gasteiger partial charge in [0.1, 0.15) is 0 Å². The van der Waals surface area contributed by atoms with Gasteiger partial charge in [0.15, 0.2) is 0 Å². The molecule has 1 heterocycles. The van der Waals surface area contributed by atoms with Crippen molar-refractivity contribution in [2.45, 2.75) is 18.3 Å². The second-order valence-electron chi connectivity index (χ2n) is 2.93. The van der Waals surface area contributed by atoms with Crippen LogP contribution in [0, 0.1) is 0 Å². The van der Waals surface area contributed by atoms with Crippen molar-refractivity contribution in [3.8, 4) is 0 Å². The summed E-state index contributed by atoms with van der Waals surface area (Å²) in [6, 6.07) is 5.55. The summed E-state index contributed by atoms with van der Waals surface area (Å²) < 4.78 is -1.02.